The molecule has 8 heteroatoms. The lowest BCUT2D eigenvalue weighted by atomic mass is 10.2. The third-order valence-electron chi connectivity index (χ3n) is 1.50. The van der Waals surface area contributed by atoms with E-state index in [1.165, 1.54) is 0 Å². The first-order valence-electron chi connectivity index (χ1n) is 3.60. The molecule has 0 bridgehead atoms. The predicted octanol–water partition coefficient (Wildman–Crippen LogP) is 2.54. The monoisotopic (exact) mass is 282 g/mol. The highest BCUT2D eigenvalue weighted by Crippen LogP contribution is 2.34. The van der Waals surface area contributed by atoms with Gasteiger partial charge in [0, 0.05) is 0 Å². The number of nitrogens with two attached hydrogens (primary N) is 1. The summed E-state index contributed by atoms with van der Waals surface area (Å²) in [5.74, 6) is -0.322. The largest absolute Gasteiger partial charge is 0.435 e. The van der Waals surface area contributed by atoms with Crippen LogP contribution in [0.1, 0.15) is 0 Å². The highest BCUT2D eigenvalue weighted by molar-refractivity contribution is 9.10. The molecule has 82 valence electrons. The van der Waals surface area contributed by atoms with E-state index in [0.29, 0.717) is 0 Å². The molecule has 0 aliphatic heterocycles. The standard InChI is InChI=1S/C7H5BrF2N2O3/c8-4-1-3(15-7(9)10)2-5(6(4)11)12(13)14/h1-2,7H,11H2. The molecule has 0 saturated heterocycles. The van der Waals surface area contributed by atoms with Crippen LogP contribution in [-0.4, -0.2) is 11.5 Å². The highest BCUT2D eigenvalue weighted by Gasteiger charge is 2.18. The van der Waals surface area contributed by atoms with Gasteiger partial charge in [-0.25, -0.2) is 0 Å². The van der Waals surface area contributed by atoms with Crippen molar-refractivity contribution in [1.82, 2.24) is 0 Å². The minimum atomic E-state index is -3.04. The molecule has 1 aromatic carbocycles. The Labute approximate surface area is 91.1 Å². The fraction of sp³-hybridized carbons (Fsp3) is 0.143. The number of rotatable bonds is 3. The summed E-state index contributed by atoms with van der Waals surface area (Å²) >= 11 is 2.90. The van der Waals surface area contributed by atoms with Gasteiger partial charge in [0.25, 0.3) is 5.69 Å². The van der Waals surface area contributed by atoms with Crippen molar-refractivity contribution in [2.24, 2.45) is 0 Å². The van der Waals surface area contributed by atoms with E-state index in [9.17, 15) is 18.9 Å². The Hall–Kier alpha value is -1.44. The quantitative estimate of drug-likeness (QED) is 0.525. The van der Waals surface area contributed by atoms with Crippen LogP contribution < -0.4 is 10.5 Å². The summed E-state index contributed by atoms with van der Waals surface area (Å²) in [7, 11) is 0. The zero-order chi connectivity index (χ0) is 11.6. The number of anilines is 1. The van der Waals surface area contributed by atoms with Crippen LogP contribution in [0, 0.1) is 10.1 Å². The van der Waals surface area contributed by atoms with Gasteiger partial charge in [-0.05, 0) is 22.0 Å². The van der Waals surface area contributed by atoms with Gasteiger partial charge in [0.2, 0.25) is 0 Å². The van der Waals surface area contributed by atoms with E-state index >= 15 is 0 Å². The van der Waals surface area contributed by atoms with Gasteiger partial charge in [0.15, 0.2) is 0 Å². The number of nitro groups is 1. The van der Waals surface area contributed by atoms with Gasteiger partial charge in [0.1, 0.15) is 11.4 Å². The summed E-state index contributed by atoms with van der Waals surface area (Å²) in [6.45, 7) is -3.04. The molecule has 0 spiro atoms. The number of benzene rings is 1. The highest BCUT2D eigenvalue weighted by atomic mass is 79.9. The Morgan fingerprint density at radius 3 is 2.60 bits per heavy atom. The van der Waals surface area contributed by atoms with E-state index in [-0.39, 0.29) is 15.9 Å². The summed E-state index contributed by atoms with van der Waals surface area (Å²) in [6, 6.07) is 1.97. The number of nitrogen functional groups attached to an aromatic ring is 1. The van der Waals surface area contributed by atoms with Crippen molar-refractivity contribution >= 4 is 27.3 Å². The van der Waals surface area contributed by atoms with E-state index in [0.717, 1.165) is 12.1 Å². The first-order valence-corrected chi connectivity index (χ1v) is 4.39. The number of alkyl halides is 2. The number of hydrogen-bond donors (Lipinski definition) is 1. The first kappa shape index (κ1) is 11.6. The van der Waals surface area contributed by atoms with Gasteiger partial charge in [-0.15, -0.1) is 0 Å². The molecule has 0 aliphatic carbocycles. The molecular weight excluding hydrogens is 278 g/mol. The zero-order valence-corrected chi connectivity index (χ0v) is 8.70. The second-order valence-electron chi connectivity index (χ2n) is 2.47. The molecule has 0 radical (unpaired) electrons. The minimum Gasteiger partial charge on any atom is -0.435 e. The van der Waals surface area contributed by atoms with Crippen LogP contribution in [0.5, 0.6) is 5.75 Å². The molecule has 15 heavy (non-hydrogen) atoms. The Morgan fingerprint density at radius 2 is 2.13 bits per heavy atom. The van der Waals surface area contributed by atoms with Crippen molar-refractivity contribution < 1.29 is 18.4 Å². The van der Waals surface area contributed by atoms with E-state index in [4.69, 9.17) is 5.73 Å². The maximum absolute atomic E-state index is 11.8. The van der Waals surface area contributed by atoms with Crippen LogP contribution in [0.3, 0.4) is 0 Å². The third-order valence-corrected chi connectivity index (χ3v) is 2.16. The number of nitro benzene ring substituents is 1. The van der Waals surface area contributed by atoms with E-state index in [1.807, 2.05) is 0 Å². The van der Waals surface area contributed by atoms with E-state index in [1.54, 1.807) is 0 Å². The lowest BCUT2D eigenvalue weighted by molar-refractivity contribution is -0.384. The maximum Gasteiger partial charge on any atom is 0.387 e. The molecule has 5 nitrogen and oxygen atoms in total. The molecule has 1 rings (SSSR count). The van der Waals surface area contributed by atoms with Gasteiger partial charge in [-0.1, -0.05) is 0 Å². The second-order valence-corrected chi connectivity index (χ2v) is 3.33. The lowest BCUT2D eigenvalue weighted by Crippen LogP contribution is -2.04. The van der Waals surface area contributed by atoms with Crippen molar-refractivity contribution in [2.45, 2.75) is 6.61 Å². The van der Waals surface area contributed by atoms with Crippen molar-refractivity contribution in [1.29, 1.82) is 0 Å². The van der Waals surface area contributed by atoms with Crippen molar-refractivity contribution in [3.05, 3.63) is 26.7 Å². The molecule has 0 heterocycles. The topological polar surface area (TPSA) is 78.4 Å². The van der Waals surface area contributed by atoms with Crippen LogP contribution >= 0.6 is 15.9 Å². The fourth-order valence-corrected chi connectivity index (χ4v) is 1.33. The molecule has 0 saturated carbocycles. The SMILES string of the molecule is Nc1c(Br)cc(OC(F)F)cc1[N+](=O)[O-]. The molecule has 0 aliphatic rings. The molecule has 0 aromatic heterocycles. The lowest BCUT2D eigenvalue weighted by Gasteiger charge is -2.06. The number of ether oxygens (including phenoxy) is 1. The summed E-state index contributed by atoms with van der Waals surface area (Å²) in [6.07, 6.45) is 0. The normalized spacial score (nSPS) is 10.4. The smallest absolute Gasteiger partial charge is 0.387 e. The Morgan fingerprint density at radius 1 is 1.53 bits per heavy atom. The van der Waals surface area contributed by atoms with Gasteiger partial charge in [-0.2, -0.15) is 8.78 Å². The Balaban J connectivity index is 3.17. The van der Waals surface area contributed by atoms with Crippen molar-refractivity contribution in [3.8, 4) is 5.75 Å². The second kappa shape index (κ2) is 4.39. The van der Waals surface area contributed by atoms with Gasteiger partial charge in [-0.3, -0.25) is 10.1 Å². The number of halogens is 3. The summed E-state index contributed by atoms with van der Waals surface area (Å²) in [5, 5.41) is 10.5. The molecule has 2 N–H and O–H groups in total. The summed E-state index contributed by atoms with van der Waals surface area (Å²) in [5.41, 5.74) is 4.73. The zero-order valence-electron chi connectivity index (χ0n) is 7.12. The molecular formula is C7H5BrF2N2O3. The fourth-order valence-electron chi connectivity index (χ4n) is 0.901. The third kappa shape index (κ3) is 2.75. The Kier molecular flexibility index (Phi) is 3.40. The maximum atomic E-state index is 11.8. The number of nitrogens with zero attached hydrogens (tertiary/aromatic N) is 1. The Bertz CT molecular complexity index is 400. The average molecular weight is 283 g/mol. The van der Waals surface area contributed by atoms with Gasteiger partial charge < -0.3 is 10.5 Å². The molecule has 0 unspecified atom stereocenters. The summed E-state index contributed by atoms with van der Waals surface area (Å²) in [4.78, 5) is 9.69. The minimum absolute atomic E-state index is 0.132. The molecule has 0 amide bonds. The van der Waals surface area contributed by atoms with E-state index in [2.05, 4.69) is 20.7 Å². The number of hydrogen-bond acceptors (Lipinski definition) is 4. The van der Waals surface area contributed by atoms with Crippen LogP contribution in [0.25, 0.3) is 0 Å². The van der Waals surface area contributed by atoms with Crippen molar-refractivity contribution in [3.63, 3.8) is 0 Å². The van der Waals surface area contributed by atoms with Gasteiger partial charge >= 0.3 is 6.61 Å². The van der Waals surface area contributed by atoms with Crippen molar-refractivity contribution in [2.75, 3.05) is 5.73 Å². The average Bonchev–Trinajstić information content (AvgIpc) is 2.09. The van der Waals surface area contributed by atoms with Crippen LogP contribution in [0.15, 0.2) is 16.6 Å². The molecule has 0 atom stereocenters. The van der Waals surface area contributed by atoms with Gasteiger partial charge in [0.05, 0.1) is 15.5 Å². The predicted molar refractivity (Wildman–Crippen MR) is 51.8 cm³/mol. The van der Waals surface area contributed by atoms with Crippen LogP contribution in [0.4, 0.5) is 20.2 Å². The summed E-state index contributed by atoms with van der Waals surface area (Å²) < 4.78 is 27.8. The molecule has 0 fully saturated rings. The van der Waals surface area contributed by atoms with Crippen LogP contribution in [0.2, 0.25) is 0 Å². The van der Waals surface area contributed by atoms with E-state index < -0.39 is 17.2 Å². The first-order chi connectivity index (χ1) is 6.91. The molecule has 1 aromatic rings. The van der Waals surface area contributed by atoms with Crippen LogP contribution in [-0.2, 0) is 0 Å².